The summed E-state index contributed by atoms with van der Waals surface area (Å²) in [5.41, 5.74) is 9.15. The van der Waals surface area contributed by atoms with Gasteiger partial charge in [0, 0.05) is 6.54 Å². The fourth-order valence-electron chi connectivity index (χ4n) is 3.37. The third-order valence-electron chi connectivity index (χ3n) is 5.59. The lowest BCUT2D eigenvalue weighted by Crippen LogP contribution is -2.08. The fraction of sp³-hybridized carbons (Fsp3) is 0.500. The van der Waals surface area contributed by atoms with E-state index in [-0.39, 0.29) is 0 Å². The Labute approximate surface area is 119 Å². The van der Waals surface area contributed by atoms with Crippen molar-refractivity contribution in [3.05, 3.63) is 23.8 Å². The second-order valence-electron chi connectivity index (χ2n) is 6.89. The number of imidazole rings is 1. The van der Waals surface area contributed by atoms with Gasteiger partial charge in [-0.25, -0.2) is 4.98 Å². The summed E-state index contributed by atoms with van der Waals surface area (Å²) in [6.07, 6.45) is 0. The van der Waals surface area contributed by atoms with Crippen LogP contribution in [0.15, 0.2) is 18.2 Å². The van der Waals surface area contributed by atoms with Gasteiger partial charge >= 0.3 is 0 Å². The van der Waals surface area contributed by atoms with Crippen LogP contribution in [-0.2, 0) is 6.54 Å². The molecule has 1 aromatic carbocycles. The van der Waals surface area contributed by atoms with E-state index in [1.54, 1.807) is 6.07 Å². The SMILES string of the molecule is CC1(C)C(Cn2c(N)nc3ccc(C#N)cc32)C1(C)C. The van der Waals surface area contributed by atoms with Crippen LogP contribution in [0.5, 0.6) is 0 Å². The predicted molar refractivity (Wildman–Crippen MR) is 79.9 cm³/mol. The number of nitrogens with zero attached hydrogens (tertiary/aromatic N) is 3. The molecule has 1 aromatic heterocycles. The minimum absolute atomic E-state index is 0.308. The zero-order valence-electron chi connectivity index (χ0n) is 12.4. The molecule has 0 amide bonds. The number of aromatic nitrogens is 2. The molecule has 2 aromatic rings. The average Bonchev–Trinajstić information content (AvgIpc) is 2.67. The first-order valence-corrected chi connectivity index (χ1v) is 6.95. The van der Waals surface area contributed by atoms with E-state index in [0.717, 1.165) is 17.6 Å². The number of nitrogens with two attached hydrogens (primary N) is 1. The van der Waals surface area contributed by atoms with Crippen LogP contribution in [0.25, 0.3) is 11.0 Å². The second kappa shape index (κ2) is 3.76. The Morgan fingerprint density at radius 2 is 1.95 bits per heavy atom. The molecular weight excluding hydrogens is 248 g/mol. The van der Waals surface area contributed by atoms with Crippen LogP contribution in [0.4, 0.5) is 5.95 Å². The molecular formula is C16H20N4. The molecule has 1 saturated carbocycles. The van der Waals surface area contributed by atoms with Crippen molar-refractivity contribution in [2.75, 3.05) is 5.73 Å². The van der Waals surface area contributed by atoms with E-state index >= 15 is 0 Å². The number of nitriles is 1. The van der Waals surface area contributed by atoms with Crippen molar-refractivity contribution < 1.29 is 0 Å². The molecule has 20 heavy (non-hydrogen) atoms. The van der Waals surface area contributed by atoms with E-state index in [4.69, 9.17) is 11.0 Å². The van der Waals surface area contributed by atoms with Gasteiger partial charge in [-0.15, -0.1) is 0 Å². The maximum absolute atomic E-state index is 9.04. The Bertz CT molecular complexity index is 717. The molecule has 1 heterocycles. The van der Waals surface area contributed by atoms with Crippen LogP contribution in [0, 0.1) is 28.1 Å². The van der Waals surface area contributed by atoms with E-state index in [1.807, 2.05) is 12.1 Å². The fourth-order valence-corrected chi connectivity index (χ4v) is 3.37. The first-order valence-electron chi connectivity index (χ1n) is 6.95. The van der Waals surface area contributed by atoms with Crippen molar-refractivity contribution >= 4 is 17.0 Å². The first kappa shape index (κ1) is 13.0. The number of benzene rings is 1. The van der Waals surface area contributed by atoms with Crippen molar-refractivity contribution in [1.29, 1.82) is 5.26 Å². The van der Waals surface area contributed by atoms with Gasteiger partial charge in [-0.1, -0.05) is 27.7 Å². The Morgan fingerprint density at radius 3 is 2.50 bits per heavy atom. The third kappa shape index (κ3) is 1.56. The molecule has 1 aliphatic rings. The summed E-state index contributed by atoms with van der Waals surface area (Å²) in [6.45, 7) is 10.1. The first-order chi connectivity index (χ1) is 9.29. The molecule has 0 saturated heterocycles. The summed E-state index contributed by atoms with van der Waals surface area (Å²) in [6, 6.07) is 7.70. The highest BCUT2D eigenvalue weighted by Crippen LogP contribution is 2.69. The van der Waals surface area contributed by atoms with E-state index in [0.29, 0.717) is 28.3 Å². The van der Waals surface area contributed by atoms with Crippen molar-refractivity contribution in [1.82, 2.24) is 9.55 Å². The highest BCUT2D eigenvalue weighted by Gasteiger charge is 2.64. The molecule has 0 unspecified atom stereocenters. The number of rotatable bonds is 2. The van der Waals surface area contributed by atoms with E-state index in [1.165, 1.54) is 0 Å². The Morgan fingerprint density at radius 1 is 1.30 bits per heavy atom. The van der Waals surface area contributed by atoms with Crippen LogP contribution in [0.2, 0.25) is 0 Å². The largest absolute Gasteiger partial charge is 0.369 e. The molecule has 1 fully saturated rings. The highest BCUT2D eigenvalue weighted by molar-refractivity contribution is 5.79. The summed E-state index contributed by atoms with van der Waals surface area (Å²) < 4.78 is 2.05. The molecule has 1 aliphatic carbocycles. The van der Waals surface area contributed by atoms with Crippen LogP contribution in [-0.4, -0.2) is 9.55 Å². The number of hydrogen-bond donors (Lipinski definition) is 1. The minimum atomic E-state index is 0.308. The number of anilines is 1. The zero-order valence-corrected chi connectivity index (χ0v) is 12.4. The van der Waals surface area contributed by atoms with Gasteiger partial charge in [-0.2, -0.15) is 5.26 Å². The van der Waals surface area contributed by atoms with Crippen LogP contribution < -0.4 is 5.73 Å². The third-order valence-corrected chi connectivity index (χ3v) is 5.59. The molecule has 104 valence electrons. The van der Waals surface area contributed by atoms with Gasteiger partial charge < -0.3 is 10.3 Å². The lowest BCUT2D eigenvalue weighted by Gasteiger charge is -2.08. The summed E-state index contributed by atoms with van der Waals surface area (Å²) in [4.78, 5) is 4.40. The lowest BCUT2D eigenvalue weighted by molar-refractivity contribution is 0.457. The number of nitrogen functional groups attached to an aromatic ring is 1. The summed E-state index contributed by atoms with van der Waals surface area (Å²) in [5.74, 6) is 1.11. The van der Waals surface area contributed by atoms with E-state index in [2.05, 4.69) is 43.3 Å². The van der Waals surface area contributed by atoms with Gasteiger partial charge in [0.25, 0.3) is 0 Å². The van der Waals surface area contributed by atoms with Crippen LogP contribution in [0.3, 0.4) is 0 Å². The molecule has 4 nitrogen and oxygen atoms in total. The molecule has 3 rings (SSSR count). The highest BCUT2D eigenvalue weighted by atomic mass is 15.2. The minimum Gasteiger partial charge on any atom is -0.369 e. The van der Waals surface area contributed by atoms with Gasteiger partial charge in [0.15, 0.2) is 0 Å². The lowest BCUT2D eigenvalue weighted by atomic mass is 10.0. The van der Waals surface area contributed by atoms with Gasteiger partial charge in [0.05, 0.1) is 22.7 Å². The molecule has 0 radical (unpaired) electrons. The molecule has 4 heteroatoms. The van der Waals surface area contributed by atoms with E-state index in [9.17, 15) is 0 Å². The number of fused-ring (bicyclic) bond motifs is 1. The monoisotopic (exact) mass is 268 g/mol. The topological polar surface area (TPSA) is 67.6 Å². The van der Waals surface area contributed by atoms with Gasteiger partial charge in [0.1, 0.15) is 0 Å². The Balaban J connectivity index is 2.04. The Kier molecular flexibility index (Phi) is 2.44. The standard InChI is InChI=1S/C16H20N4/c1-15(2)13(16(15,3)4)9-20-12-7-10(8-17)5-6-11(12)19-14(20)18/h5-7,13H,9H2,1-4H3,(H2,18,19). The van der Waals surface area contributed by atoms with Crippen LogP contribution >= 0.6 is 0 Å². The molecule has 0 aliphatic heterocycles. The smallest absolute Gasteiger partial charge is 0.201 e. The average molecular weight is 268 g/mol. The maximum atomic E-state index is 9.04. The normalized spacial score (nSPS) is 19.9. The quantitative estimate of drug-likeness (QED) is 0.909. The molecule has 0 atom stereocenters. The molecule has 0 bridgehead atoms. The molecule has 2 N–H and O–H groups in total. The summed E-state index contributed by atoms with van der Waals surface area (Å²) in [7, 11) is 0. The van der Waals surface area contributed by atoms with Gasteiger partial charge in [-0.3, -0.25) is 0 Å². The van der Waals surface area contributed by atoms with Crippen molar-refractivity contribution in [2.24, 2.45) is 16.7 Å². The van der Waals surface area contributed by atoms with E-state index < -0.39 is 0 Å². The van der Waals surface area contributed by atoms with Crippen molar-refractivity contribution in [2.45, 2.75) is 34.2 Å². The zero-order chi connectivity index (χ0) is 14.7. The van der Waals surface area contributed by atoms with Gasteiger partial charge in [-0.05, 0) is 34.9 Å². The van der Waals surface area contributed by atoms with Crippen molar-refractivity contribution in [3.8, 4) is 6.07 Å². The number of hydrogen-bond acceptors (Lipinski definition) is 3. The van der Waals surface area contributed by atoms with Crippen molar-refractivity contribution in [3.63, 3.8) is 0 Å². The van der Waals surface area contributed by atoms with Crippen LogP contribution in [0.1, 0.15) is 33.3 Å². The summed E-state index contributed by atoms with van der Waals surface area (Å²) in [5, 5.41) is 9.04. The van der Waals surface area contributed by atoms with Gasteiger partial charge in [0.2, 0.25) is 5.95 Å². The summed E-state index contributed by atoms with van der Waals surface area (Å²) >= 11 is 0. The maximum Gasteiger partial charge on any atom is 0.201 e. The molecule has 0 spiro atoms. The second-order valence-corrected chi connectivity index (χ2v) is 6.89. The Hall–Kier alpha value is -2.02. The predicted octanol–water partition coefficient (Wildman–Crippen LogP) is 3.17.